The minimum atomic E-state index is -0.463. The van der Waals surface area contributed by atoms with Crippen molar-refractivity contribution in [3.05, 3.63) is 35.9 Å². The fourth-order valence-corrected chi connectivity index (χ4v) is 3.57. The van der Waals surface area contributed by atoms with Crippen LogP contribution < -0.4 is 5.32 Å². The van der Waals surface area contributed by atoms with Crippen LogP contribution in [0.2, 0.25) is 0 Å². The topological polar surface area (TPSA) is 72.9 Å². The van der Waals surface area contributed by atoms with Crippen LogP contribution in [0.5, 0.6) is 0 Å². The molecule has 3 atom stereocenters. The zero-order valence-electron chi connectivity index (χ0n) is 14.0. The lowest BCUT2D eigenvalue weighted by atomic mass is 9.98. The van der Waals surface area contributed by atoms with Crippen LogP contribution in [0.3, 0.4) is 0 Å². The molecule has 24 heavy (non-hydrogen) atoms. The molecule has 3 unspecified atom stereocenters. The molecule has 0 aliphatic carbocycles. The van der Waals surface area contributed by atoms with Crippen LogP contribution in [0.25, 0.3) is 0 Å². The standard InChI is InChI=1S/C18H25N3O3/c1-13-9-15(22)11-21(10-13)17(23)12-20-8-7-16(19-18(20)24)14-5-3-2-4-6-14/h2-6,13,15-16,22H,7-12H2,1H3,(H,19,24). The van der Waals surface area contributed by atoms with Gasteiger partial charge in [0.1, 0.15) is 6.54 Å². The maximum absolute atomic E-state index is 12.4. The number of carbonyl (C=O) groups excluding carboxylic acids is 2. The Kier molecular flexibility index (Phi) is 5.04. The SMILES string of the molecule is CC1CC(O)CN(C(=O)CN2CCC(c3ccccc3)NC2=O)C1. The molecular weight excluding hydrogens is 306 g/mol. The van der Waals surface area contributed by atoms with Crippen molar-refractivity contribution in [2.75, 3.05) is 26.2 Å². The maximum Gasteiger partial charge on any atom is 0.318 e. The summed E-state index contributed by atoms with van der Waals surface area (Å²) in [4.78, 5) is 28.0. The molecule has 3 rings (SSSR count). The van der Waals surface area contributed by atoms with Gasteiger partial charge in [0.2, 0.25) is 5.91 Å². The number of nitrogens with one attached hydrogen (secondary N) is 1. The summed E-state index contributed by atoms with van der Waals surface area (Å²) in [6.45, 7) is 3.68. The van der Waals surface area contributed by atoms with Gasteiger partial charge in [-0.15, -0.1) is 0 Å². The highest BCUT2D eigenvalue weighted by molar-refractivity contribution is 5.84. The van der Waals surface area contributed by atoms with Crippen molar-refractivity contribution in [2.45, 2.75) is 31.9 Å². The summed E-state index contributed by atoms with van der Waals surface area (Å²) in [5.41, 5.74) is 1.09. The van der Waals surface area contributed by atoms with E-state index < -0.39 is 6.10 Å². The van der Waals surface area contributed by atoms with E-state index in [1.807, 2.05) is 37.3 Å². The maximum atomic E-state index is 12.4. The first kappa shape index (κ1) is 16.8. The Hall–Kier alpha value is -2.08. The smallest absolute Gasteiger partial charge is 0.318 e. The van der Waals surface area contributed by atoms with Gasteiger partial charge in [0.05, 0.1) is 12.1 Å². The number of aliphatic hydroxyl groups is 1. The molecule has 130 valence electrons. The minimum absolute atomic E-state index is 0.00174. The largest absolute Gasteiger partial charge is 0.391 e. The second-order valence-corrected chi connectivity index (χ2v) is 6.92. The molecule has 1 aromatic carbocycles. The molecule has 0 aromatic heterocycles. The number of benzene rings is 1. The summed E-state index contributed by atoms with van der Waals surface area (Å²) in [6, 6.07) is 9.67. The molecule has 2 N–H and O–H groups in total. The van der Waals surface area contributed by atoms with E-state index in [0.717, 1.165) is 18.4 Å². The molecule has 3 amide bonds. The van der Waals surface area contributed by atoms with E-state index in [1.165, 1.54) is 0 Å². The van der Waals surface area contributed by atoms with E-state index in [9.17, 15) is 14.7 Å². The Balaban J connectivity index is 1.55. The van der Waals surface area contributed by atoms with Crippen LogP contribution in [0.4, 0.5) is 4.79 Å². The average Bonchev–Trinajstić information content (AvgIpc) is 2.56. The highest BCUT2D eigenvalue weighted by Crippen LogP contribution is 2.22. The van der Waals surface area contributed by atoms with E-state index >= 15 is 0 Å². The van der Waals surface area contributed by atoms with Gasteiger partial charge in [0, 0.05) is 19.6 Å². The average molecular weight is 331 g/mol. The number of amides is 3. The molecule has 1 aromatic rings. The highest BCUT2D eigenvalue weighted by Gasteiger charge is 2.31. The molecule has 0 radical (unpaired) electrons. The first-order valence-electron chi connectivity index (χ1n) is 8.59. The Morgan fingerprint density at radius 3 is 2.71 bits per heavy atom. The number of piperidine rings is 1. The number of hydrogen-bond acceptors (Lipinski definition) is 3. The van der Waals surface area contributed by atoms with E-state index in [1.54, 1.807) is 9.80 Å². The third kappa shape index (κ3) is 3.87. The summed E-state index contributed by atoms with van der Waals surface area (Å²) >= 11 is 0. The van der Waals surface area contributed by atoms with Gasteiger partial charge in [-0.3, -0.25) is 4.79 Å². The second kappa shape index (κ2) is 7.21. The molecule has 6 heteroatoms. The number of rotatable bonds is 3. The summed E-state index contributed by atoms with van der Waals surface area (Å²) < 4.78 is 0. The molecule has 6 nitrogen and oxygen atoms in total. The van der Waals surface area contributed by atoms with Crippen LogP contribution in [0, 0.1) is 5.92 Å². The molecule has 2 heterocycles. The number of hydrogen-bond donors (Lipinski definition) is 2. The normalized spacial score (nSPS) is 27.8. The van der Waals surface area contributed by atoms with Gasteiger partial charge in [0.15, 0.2) is 0 Å². The van der Waals surface area contributed by atoms with Crippen molar-refractivity contribution in [1.82, 2.24) is 15.1 Å². The Morgan fingerprint density at radius 1 is 1.29 bits per heavy atom. The van der Waals surface area contributed by atoms with Crippen LogP contribution >= 0.6 is 0 Å². The predicted octanol–water partition coefficient (Wildman–Crippen LogP) is 1.37. The van der Waals surface area contributed by atoms with Gasteiger partial charge in [-0.1, -0.05) is 37.3 Å². The van der Waals surface area contributed by atoms with E-state index in [-0.39, 0.29) is 30.4 Å². The summed E-state index contributed by atoms with van der Waals surface area (Å²) in [6.07, 6.45) is 1.05. The zero-order valence-corrected chi connectivity index (χ0v) is 14.0. The fourth-order valence-electron chi connectivity index (χ4n) is 3.57. The fraction of sp³-hybridized carbons (Fsp3) is 0.556. The summed E-state index contributed by atoms with van der Waals surface area (Å²) in [7, 11) is 0. The van der Waals surface area contributed by atoms with Crippen molar-refractivity contribution in [2.24, 2.45) is 5.92 Å². The number of likely N-dealkylation sites (tertiary alicyclic amines) is 1. The van der Waals surface area contributed by atoms with Crippen LogP contribution in [0.1, 0.15) is 31.4 Å². The van der Waals surface area contributed by atoms with Crippen molar-refractivity contribution >= 4 is 11.9 Å². The third-order valence-electron chi connectivity index (χ3n) is 4.79. The third-order valence-corrected chi connectivity index (χ3v) is 4.79. The van der Waals surface area contributed by atoms with Crippen molar-refractivity contribution in [3.63, 3.8) is 0 Å². The van der Waals surface area contributed by atoms with Crippen LogP contribution in [-0.4, -0.2) is 59.1 Å². The highest BCUT2D eigenvalue weighted by atomic mass is 16.3. The number of nitrogens with zero attached hydrogens (tertiary/aromatic N) is 2. The lowest BCUT2D eigenvalue weighted by Gasteiger charge is -2.37. The van der Waals surface area contributed by atoms with E-state index in [4.69, 9.17) is 0 Å². The van der Waals surface area contributed by atoms with Gasteiger partial charge in [0.25, 0.3) is 0 Å². The van der Waals surface area contributed by atoms with Gasteiger partial charge in [-0.25, -0.2) is 4.79 Å². The van der Waals surface area contributed by atoms with Gasteiger partial charge >= 0.3 is 6.03 Å². The number of aliphatic hydroxyl groups excluding tert-OH is 1. The number of carbonyl (C=O) groups is 2. The molecule has 2 fully saturated rings. The van der Waals surface area contributed by atoms with Crippen molar-refractivity contribution in [1.29, 1.82) is 0 Å². The number of urea groups is 1. The summed E-state index contributed by atoms with van der Waals surface area (Å²) in [5.74, 6) is 0.198. The first-order chi connectivity index (χ1) is 11.5. The van der Waals surface area contributed by atoms with Crippen molar-refractivity contribution in [3.8, 4) is 0 Å². The molecule has 2 saturated heterocycles. The van der Waals surface area contributed by atoms with Crippen molar-refractivity contribution < 1.29 is 14.7 Å². The van der Waals surface area contributed by atoms with Crippen LogP contribution in [-0.2, 0) is 4.79 Å². The van der Waals surface area contributed by atoms with Gasteiger partial charge in [-0.05, 0) is 24.3 Å². The van der Waals surface area contributed by atoms with E-state index in [0.29, 0.717) is 19.6 Å². The Labute approximate surface area is 142 Å². The molecule has 0 bridgehead atoms. The monoisotopic (exact) mass is 331 g/mol. The molecule has 2 aliphatic rings. The zero-order chi connectivity index (χ0) is 17.1. The van der Waals surface area contributed by atoms with Gasteiger partial charge < -0.3 is 20.2 Å². The lowest BCUT2D eigenvalue weighted by Crippen LogP contribution is -2.54. The molecule has 0 spiro atoms. The predicted molar refractivity (Wildman–Crippen MR) is 90.3 cm³/mol. The summed E-state index contributed by atoms with van der Waals surface area (Å²) in [5, 5.41) is 12.8. The Bertz CT molecular complexity index is 582. The second-order valence-electron chi connectivity index (χ2n) is 6.92. The first-order valence-corrected chi connectivity index (χ1v) is 8.59. The molecule has 0 saturated carbocycles. The molecule has 2 aliphatic heterocycles. The van der Waals surface area contributed by atoms with E-state index in [2.05, 4.69) is 5.32 Å². The number of β-amino-alcohol motifs (C(OH)–C–C–N with tert-alkyl or cyclic N) is 1. The lowest BCUT2D eigenvalue weighted by molar-refractivity contribution is -0.136. The van der Waals surface area contributed by atoms with Gasteiger partial charge in [-0.2, -0.15) is 0 Å². The van der Waals surface area contributed by atoms with Crippen LogP contribution in [0.15, 0.2) is 30.3 Å². The molecular formula is C18H25N3O3. The Morgan fingerprint density at radius 2 is 2.04 bits per heavy atom. The quantitative estimate of drug-likeness (QED) is 0.879. The minimum Gasteiger partial charge on any atom is -0.391 e.